The van der Waals surface area contributed by atoms with Crippen LogP contribution in [0, 0.1) is 5.92 Å². The molecule has 2 aliphatic heterocycles. The summed E-state index contributed by atoms with van der Waals surface area (Å²) < 4.78 is 1.85. The fraction of sp³-hybridized carbons (Fsp3) is 0.600. The fourth-order valence-electron chi connectivity index (χ4n) is 2.56. The van der Waals surface area contributed by atoms with Crippen molar-refractivity contribution in [3.8, 4) is 0 Å². The van der Waals surface area contributed by atoms with Gasteiger partial charge in [-0.05, 0) is 13.0 Å². The molecule has 0 aromatic carbocycles. The lowest BCUT2D eigenvalue weighted by Crippen LogP contribution is -2.44. The Labute approximate surface area is 92.6 Å². The van der Waals surface area contributed by atoms with E-state index in [9.17, 15) is 4.79 Å². The monoisotopic (exact) mass is 222 g/mol. The summed E-state index contributed by atoms with van der Waals surface area (Å²) in [6.07, 6.45) is 1.01. The summed E-state index contributed by atoms with van der Waals surface area (Å²) >= 11 is 0. The normalized spacial score (nSPS) is 27.8. The molecule has 2 unspecified atom stereocenters. The minimum absolute atomic E-state index is 0.127. The van der Waals surface area contributed by atoms with Gasteiger partial charge in [-0.15, -0.1) is 0 Å². The van der Waals surface area contributed by atoms with Crippen LogP contribution < -0.4 is 10.6 Å². The third kappa shape index (κ3) is 1.37. The van der Waals surface area contributed by atoms with Gasteiger partial charge in [-0.2, -0.15) is 5.10 Å². The average molecular weight is 222 g/mol. The molecule has 0 spiro atoms. The van der Waals surface area contributed by atoms with Gasteiger partial charge in [-0.3, -0.25) is 0 Å². The summed E-state index contributed by atoms with van der Waals surface area (Å²) in [4.78, 5) is 10.9. The zero-order chi connectivity index (χ0) is 11.1. The van der Waals surface area contributed by atoms with E-state index in [-0.39, 0.29) is 5.69 Å². The van der Waals surface area contributed by atoms with Crippen molar-refractivity contribution in [3.63, 3.8) is 0 Å². The molecule has 16 heavy (non-hydrogen) atoms. The molecule has 1 saturated heterocycles. The van der Waals surface area contributed by atoms with Crippen LogP contribution in [-0.2, 0) is 0 Å². The SMILES string of the molecule is O=C(O)c1cc2n(n1)C1CCNCC1CN2. The fourth-order valence-corrected chi connectivity index (χ4v) is 2.56. The van der Waals surface area contributed by atoms with Gasteiger partial charge in [0.15, 0.2) is 5.69 Å². The van der Waals surface area contributed by atoms with Gasteiger partial charge in [-0.1, -0.05) is 0 Å². The number of nitrogens with zero attached hydrogens (tertiary/aromatic N) is 2. The number of piperidine rings is 1. The highest BCUT2D eigenvalue weighted by atomic mass is 16.4. The summed E-state index contributed by atoms with van der Waals surface area (Å²) in [5, 5.41) is 19.7. The Hall–Kier alpha value is -1.56. The number of hydrogen-bond donors (Lipinski definition) is 3. The lowest BCUT2D eigenvalue weighted by Gasteiger charge is -2.37. The maximum atomic E-state index is 10.9. The minimum Gasteiger partial charge on any atom is -0.476 e. The van der Waals surface area contributed by atoms with Gasteiger partial charge in [0.05, 0.1) is 6.04 Å². The molecule has 0 radical (unpaired) electrons. The number of aromatic nitrogens is 2. The molecule has 86 valence electrons. The molecular weight excluding hydrogens is 208 g/mol. The number of anilines is 1. The number of aromatic carboxylic acids is 1. The van der Waals surface area contributed by atoms with E-state index in [0.29, 0.717) is 12.0 Å². The summed E-state index contributed by atoms with van der Waals surface area (Å²) in [7, 11) is 0. The number of hydrogen-bond acceptors (Lipinski definition) is 4. The maximum Gasteiger partial charge on any atom is 0.356 e. The van der Waals surface area contributed by atoms with E-state index < -0.39 is 5.97 Å². The first-order valence-corrected chi connectivity index (χ1v) is 5.53. The highest BCUT2D eigenvalue weighted by Crippen LogP contribution is 2.32. The molecule has 0 aliphatic carbocycles. The molecule has 6 nitrogen and oxygen atoms in total. The Kier molecular flexibility index (Phi) is 2.10. The van der Waals surface area contributed by atoms with Crippen molar-refractivity contribution in [1.82, 2.24) is 15.1 Å². The van der Waals surface area contributed by atoms with E-state index in [1.807, 2.05) is 4.68 Å². The van der Waals surface area contributed by atoms with E-state index in [0.717, 1.165) is 31.9 Å². The molecule has 0 saturated carbocycles. The first kappa shape index (κ1) is 9.65. The molecule has 0 bridgehead atoms. The number of carboxylic acids is 1. The van der Waals surface area contributed by atoms with Crippen LogP contribution in [0.2, 0.25) is 0 Å². The first-order chi connectivity index (χ1) is 7.75. The third-order valence-corrected chi connectivity index (χ3v) is 3.38. The van der Waals surface area contributed by atoms with Crippen molar-refractivity contribution in [2.24, 2.45) is 5.92 Å². The summed E-state index contributed by atoms with van der Waals surface area (Å²) in [5.41, 5.74) is 0.127. The van der Waals surface area contributed by atoms with E-state index in [4.69, 9.17) is 5.11 Å². The average Bonchev–Trinajstić information content (AvgIpc) is 2.73. The van der Waals surface area contributed by atoms with E-state index in [1.165, 1.54) is 0 Å². The molecule has 3 heterocycles. The highest BCUT2D eigenvalue weighted by molar-refractivity contribution is 5.86. The van der Waals surface area contributed by atoms with Gasteiger partial charge in [-0.25, -0.2) is 9.48 Å². The second-order valence-corrected chi connectivity index (χ2v) is 4.37. The second kappa shape index (κ2) is 3.48. The molecule has 1 aromatic heterocycles. The highest BCUT2D eigenvalue weighted by Gasteiger charge is 2.33. The van der Waals surface area contributed by atoms with Crippen molar-refractivity contribution in [3.05, 3.63) is 11.8 Å². The topological polar surface area (TPSA) is 79.2 Å². The largest absolute Gasteiger partial charge is 0.476 e. The number of carbonyl (C=O) groups is 1. The van der Waals surface area contributed by atoms with Gasteiger partial charge in [0.25, 0.3) is 0 Å². The van der Waals surface area contributed by atoms with Crippen LogP contribution in [-0.4, -0.2) is 40.5 Å². The van der Waals surface area contributed by atoms with E-state index in [2.05, 4.69) is 15.7 Å². The quantitative estimate of drug-likeness (QED) is 0.630. The molecule has 2 aliphatic rings. The number of rotatable bonds is 1. The Bertz CT molecular complexity index is 428. The molecule has 3 rings (SSSR count). The maximum absolute atomic E-state index is 10.9. The Morgan fingerprint density at radius 1 is 1.56 bits per heavy atom. The number of nitrogens with one attached hydrogen (secondary N) is 2. The van der Waals surface area contributed by atoms with Crippen LogP contribution in [0.15, 0.2) is 6.07 Å². The van der Waals surface area contributed by atoms with Gasteiger partial charge in [0, 0.05) is 25.1 Å². The minimum atomic E-state index is -0.964. The van der Waals surface area contributed by atoms with Gasteiger partial charge in [0.2, 0.25) is 0 Å². The predicted molar refractivity (Wildman–Crippen MR) is 57.7 cm³/mol. The first-order valence-electron chi connectivity index (χ1n) is 5.53. The summed E-state index contributed by atoms with van der Waals surface area (Å²) in [5.74, 6) is 0.373. The molecule has 2 atom stereocenters. The van der Waals surface area contributed by atoms with Crippen molar-refractivity contribution < 1.29 is 9.90 Å². The van der Waals surface area contributed by atoms with Crippen molar-refractivity contribution >= 4 is 11.8 Å². The standard InChI is InChI=1S/C10H14N4O2/c15-10(16)7-3-9-12-5-6-4-11-2-1-8(6)14(9)13-7/h3,6,8,11-12H,1-2,4-5H2,(H,15,16). The zero-order valence-corrected chi connectivity index (χ0v) is 8.81. The Morgan fingerprint density at radius 3 is 3.25 bits per heavy atom. The van der Waals surface area contributed by atoms with Gasteiger partial charge in [0.1, 0.15) is 5.82 Å². The lowest BCUT2D eigenvalue weighted by atomic mass is 9.92. The second-order valence-electron chi connectivity index (χ2n) is 4.37. The molecule has 1 aromatic rings. The Morgan fingerprint density at radius 2 is 2.44 bits per heavy atom. The molecule has 3 N–H and O–H groups in total. The molecular formula is C10H14N4O2. The lowest BCUT2D eigenvalue weighted by molar-refractivity contribution is 0.0688. The third-order valence-electron chi connectivity index (χ3n) is 3.38. The number of fused-ring (bicyclic) bond motifs is 3. The molecule has 1 fully saturated rings. The predicted octanol–water partition coefficient (Wildman–Crippen LogP) is 0.157. The summed E-state index contributed by atoms with van der Waals surface area (Å²) in [6, 6.07) is 1.95. The summed E-state index contributed by atoms with van der Waals surface area (Å²) in [6.45, 7) is 2.84. The van der Waals surface area contributed by atoms with Crippen LogP contribution in [0.3, 0.4) is 0 Å². The van der Waals surface area contributed by atoms with Crippen molar-refractivity contribution in [1.29, 1.82) is 0 Å². The molecule has 0 amide bonds. The smallest absolute Gasteiger partial charge is 0.356 e. The van der Waals surface area contributed by atoms with E-state index in [1.54, 1.807) is 6.07 Å². The van der Waals surface area contributed by atoms with E-state index >= 15 is 0 Å². The van der Waals surface area contributed by atoms with Crippen LogP contribution >= 0.6 is 0 Å². The van der Waals surface area contributed by atoms with Gasteiger partial charge >= 0.3 is 5.97 Å². The van der Waals surface area contributed by atoms with Crippen LogP contribution in [0.4, 0.5) is 5.82 Å². The van der Waals surface area contributed by atoms with Gasteiger partial charge < -0.3 is 15.7 Å². The number of carboxylic acid groups (broad SMARTS) is 1. The van der Waals surface area contributed by atoms with Crippen LogP contribution in [0.25, 0.3) is 0 Å². The molecule has 6 heteroatoms. The van der Waals surface area contributed by atoms with Crippen LogP contribution in [0.5, 0.6) is 0 Å². The Balaban J connectivity index is 1.97. The zero-order valence-electron chi connectivity index (χ0n) is 8.81. The van der Waals surface area contributed by atoms with Crippen LogP contribution in [0.1, 0.15) is 23.0 Å². The van der Waals surface area contributed by atoms with Crippen molar-refractivity contribution in [2.45, 2.75) is 12.5 Å². The van der Waals surface area contributed by atoms with Crippen molar-refractivity contribution in [2.75, 3.05) is 25.0 Å².